The van der Waals surface area contributed by atoms with Gasteiger partial charge in [0, 0.05) is 12.5 Å². The summed E-state index contributed by atoms with van der Waals surface area (Å²) in [5.74, 6) is -1.40. The number of hydrogen-bond acceptors (Lipinski definition) is 4. The number of hydrogen-bond donors (Lipinski definition) is 2. The van der Waals surface area contributed by atoms with E-state index in [0.717, 1.165) is 51.1 Å². The van der Waals surface area contributed by atoms with Gasteiger partial charge in [0.05, 0.1) is 19.3 Å². The highest BCUT2D eigenvalue weighted by Crippen LogP contribution is 2.30. The van der Waals surface area contributed by atoms with E-state index in [4.69, 9.17) is 19.4 Å². The average molecular weight is 580 g/mol. The van der Waals surface area contributed by atoms with Crippen LogP contribution in [0, 0.1) is 0 Å². The van der Waals surface area contributed by atoms with Crippen molar-refractivity contribution in [3.05, 3.63) is 114 Å². The van der Waals surface area contributed by atoms with Gasteiger partial charge in [-0.05, 0) is 77.9 Å². The minimum absolute atomic E-state index is 0.167. The molecule has 0 aromatic heterocycles. The minimum atomic E-state index is -5.08. The minimum Gasteiger partial charge on any atom is -0.494 e. The summed E-state index contributed by atoms with van der Waals surface area (Å²) in [6.45, 7) is 3.31. The maximum absolute atomic E-state index is 10.6. The van der Waals surface area contributed by atoms with E-state index in [0.29, 0.717) is 12.5 Å². The largest absolute Gasteiger partial charge is 0.494 e. The van der Waals surface area contributed by atoms with E-state index >= 15 is 0 Å². The molecule has 1 aliphatic heterocycles. The van der Waals surface area contributed by atoms with Crippen molar-refractivity contribution in [2.75, 3.05) is 19.7 Å². The van der Waals surface area contributed by atoms with E-state index in [1.165, 1.54) is 27.5 Å². The van der Waals surface area contributed by atoms with E-state index in [-0.39, 0.29) is 6.10 Å². The number of fused-ring (bicyclic) bond motifs is 1. The Balaban J connectivity index is 0.000000517. The normalized spacial score (nSPS) is 16.8. The van der Waals surface area contributed by atoms with E-state index in [1.54, 1.807) is 0 Å². The van der Waals surface area contributed by atoms with Crippen LogP contribution >= 0.6 is 0 Å². The van der Waals surface area contributed by atoms with Crippen molar-refractivity contribution in [2.45, 2.75) is 50.5 Å². The summed E-state index contributed by atoms with van der Waals surface area (Å²) in [4.78, 5) is 8.90. The molecular formula is C34H36F3NO4. The van der Waals surface area contributed by atoms with E-state index in [1.807, 2.05) is 0 Å². The molecule has 0 amide bonds. The quantitative estimate of drug-likeness (QED) is 0.190. The molecule has 0 bridgehead atoms. The zero-order valence-corrected chi connectivity index (χ0v) is 23.4. The Morgan fingerprint density at radius 3 is 2.26 bits per heavy atom. The van der Waals surface area contributed by atoms with Gasteiger partial charge in [-0.3, -0.25) is 0 Å². The lowest BCUT2D eigenvalue weighted by atomic mass is 9.87. The third-order valence-electron chi connectivity index (χ3n) is 7.23. The summed E-state index contributed by atoms with van der Waals surface area (Å²) < 4.78 is 44.2. The highest BCUT2D eigenvalue weighted by Gasteiger charge is 2.38. The number of carboxylic acids is 1. The molecule has 1 aliphatic rings. The molecule has 2 N–H and O–H groups in total. The van der Waals surface area contributed by atoms with Crippen molar-refractivity contribution in [1.29, 1.82) is 0 Å². The molecule has 2 atom stereocenters. The van der Waals surface area contributed by atoms with Crippen LogP contribution in [0.25, 0.3) is 10.8 Å². The number of ether oxygens (including phenoxy) is 2. The number of carboxylic acid groups (broad SMARTS) is 1. The van der Waals surface area contributed by atoms with Crippen molar-refractivity contribution in [1.82, 2.24) is 5.32 Å². The molecule has 5 rings (SSSR count). The zero-order valence-electron chi connectivity index (χ0n) is 23.4. The molecule has 4 aromatic carbocycles. The fourth-order valence-electron chi connectivity index (χ4n) is 5.00. The Morgan fingerprint density at radius 1 is 0.857 bits per heavy atom. The molecule has 1 saturated heterocycles. The van der Waals surface area contributed by atoms with Gasteiger partial charge in [0.1, 0.15) is 5.75 Å². The second-order valence-corrected chi connectivity index (χ2v) is 10.3. The fraction of sp³-hybridized carbons (Fsp3) is 0.324. The number of aryl methyl sites for hydroxylation is 1. The van der Waals surface area contributed by atoms with Crippen LogP contribution < -0.4 is 10.1 Å². The van der Waals surface area contributed by atoms with E-state index < -0.39 is 12.1 Å². The predicted octanol–water partition coefficient (Wildman–Crippen LogP) is 7.54. The number of rotatable bonds is 10. The smallest absolute Gasteiger partial charge is 0.490 e. The second-order valence-electron chi connectivity index (χ2n) is 10.3. The Labute approximate surface area is 244 Å². The molecule has 8 heteroatoms. The third-order valence-corrected chi connectivity index (χ3v) is 7.23. The van der Waals surface area contributed by atoms with Crippen LogP contribution in [0.5, 0.6) is 5.75 Å². The lowest BCUT2D eigenvalue weighted by Gasteiger charge is -2.32. The molecule has 4 aromatic rings. The number of carbonyl (C=O) groups is 1. The summed E-state index contributed by atoms with van der Waals surface area (Å²) in [6.07, 6.45) is -0.509. The Bertz CT molecular complexity index is 1390. The molecule has 0 aliphatic carbocycles. The number of piperidine rings is 1. The van der Waals surface area contributed by atoms with Gasteiger partial charge in [-0.15, -0.1) is 0 Å². The topological polar surface area (TPSA) is 67.8 Å². The highest BCUT2D eigenvalue weighted by molar-refractivity contribution is 5.82. The molecule has 1 fully saturated rings. The van der Waals surface area contributed by atoms with Crippen molar-refractivity contribution in [3.8, 4) is 5.75 Å². The summed E-state index contributed by atoms with van der Waals surface area (Å²) in [5.41, 5.74) is 3.96. The highest BCUT2D eigenvalue weighted by atomic mass is 19.4. The van der Waals surface area contributed by atoms with Gasteiger partial charge in [-0.1, -0.05) is 78.9 Å². The first-order chi connectivity index (χ1) is 20.3. The van der Waals surface area contributed by atoms with E-state index in [2.05, 4.69) is 102 Å². The van der Waals surface area contributed by atoms with E-state index in [9.17, 15) is 13.2 Å². The summed E-state index contributed by atoms with van der Waals surface area (Å²) >= 11 is 0. The second kappa shape index (κ2) is 15.4. The first kappa shape index (κ1) is 31.1. The number of unbranched alkanes of at least 4 members (excludes halogenated alkanes) is 1. The monoisotopic (exact) mass is 579 g/mol. The van der Waals surface area contributed by atoms with Crippen molar-refractivity contribution < 1.29 is 32.5 Å². The molecular weight excluding hydrogens is 543 g/mol. The standard InChI is InChI=1S/C32H35NO2.C2HF3O2/c1-2-8-25(9-3-1)10-6-7-21-34-30-17-15-28(16-18-30)31-19-20-33-23-32(31)35-24-26-13-14-27-11-4-5-12-29(27)22-26;3-2(4,5)1(6)7/h1-5,8-9,11-18,22,31-33H,6-7,10,19-21,23-24H2;(H,6,7). The van der Waals surface area contributed by atoms with Crippen molar-refractivity contribution in [3.63, 3.8) is 0 Å². The van der Waals surface area contributed by atoms with Crippen molar-refractivity contribution in [2.24, 2.45) is 0 Å². The van der Waals surface area contributed by atoms with Crippen LogP contribution in [0.15, 0.2) is 97.1 Å². The van der Waals surface area contributed by atoms with Gasteiger partial charge in [0.25, 0.3) is 0 Å². The first-order valence-corrected chi connectivity index (χ1v) is 14.2. The van der Waals surface area contributed by atoms with Crippen LogP contribution in [0.3, 0.4) is 0 Å². The molecule has 1 heterocycles. The van der Waals surface area contributed by atoms with Crippen LogP contribution in [0.2, 0.25) is 0 Å². The van der Waals surface area contributed by atoms with Gasteiger partial charge in [-0.25, -0.2) is 4.79 Å². The van der Waals surface area contributed by atoms with Gasteiger partial charge >= 0.3 is 12.1 Å². The maximum Gasteiger partial charge on any atom is 0.490 e. The summed E-state index contributed by atoms with van der Waals surface area (Å²) in [7, 11) is 0. The van der Waals surface area contributed by atoms with Crippen molar-refractivity contribution >= 4 is 16.7 Å². The van der Waals surface area contributed by atoms with Gasteiger partial charge in [0.2, 0.25) is 0 Å². The number of aliphatic carboxylic acids is 1. The molecule has 0 saturated carbocycles. The average Bonchev–Trinajstić information content (AvgIpc) is 3.00. The molecule has 0 spiro atoms. The third kappa shape index (κ3) is 9.60. The number of halogens is 3. The van der Waals surface area contributed by atoms with Gasteiger partial charge in [0.15, 0.2) is 0 Å². The number of nitrogens with one attached hydrogen (secondary N) is 1. The summed E-state index contributed by atoms with van der Waals surface area (Å²) in [6, 6.07) is 34.5. The Morgan fingerprint density at radius 2 is 1.55 bits per heavy atom. The first-order valence-electron chi connectivity index (χ1n) is 14.2. The Hall–Kier alpha value is -3.88. The van der Waals surface area contributed by atoms with Gasteiger partial charge in [-0.2, -0.15) is 13.2 Å². The van der Waals surface area contributed by atoms with Gasteiger partial charge < -0.3 is 19.9 Å². The predicted molar refractivity (Wildman–Crippen MR) is 158 cm³/mol. The fourth-order valence-corrected chi connectivity index (χ4v) is 5.00. The zero-order chi connectivity index (χ0) is 29.8. The summed E-state index contributed by atoms with van der Waals surface area (Å²) in [5, 5.41) is 13.2. The maximum atomic E-state index is 10.6. The molecule has 0 radical (unpaired) electrons. The van der Waals surface area contributed by atoms with Crippen LogP contribution in [-0.2, 0) is 22.6 Å². The molecule has 5 nitrogen and oxygen atoms in total. The lowest BCUT2D eigenvalue weighted by Crippen LogP contribution is -2.40. The number of alkyl halides is 3. The van der Waals surface area contributed by atoms with Crippen LogP contribution in [-0.4, -0.2) is 43.1 Å². The molecule has 222 valence electrons. The lowest BCUT2D eigenvalue weighted by molar-refractivity contribution is -0.192. The molecule has 42 heavy (non-hydrogen) atoms. The van der Waals surface area contributed by atoms with Crippen LogP contribution in [0.4, 0.5) is 13.2 Å². The van der Waals surface area contributed by atoms with Crippen LogP contribution in [0.1, 0.15) is 41.9 Å². The Kier molecular flexibility index (Phi) is 11.4. The SMILES string of the molecule is O=C(O)C(F)(F)F.c1ccc(CCCCOc2ccc(C3CCNCC3OCc3ccc4ccccc4c3)cc2)cc1. The number of benzene rings is 4. The molecule has 2 unspecified atom stereocenters.